The Kier molecular flexibility index (Phi) is 3.63. The summed E-state index contributed by atoms with van der Waals surface area (Å²) >= 11 is 0. The Balaban J connectivity index is 3.40. The molecule has 0 amide bonds. The van der Waals surface area contributed by atoms with Crippen molar-refractivity contribution in [1.29, 1.82) is 0 Å². The lowest BCUT2D eigenvalue weighted by molar-refractivity contribution is -0.0566. The van der Waals surface area contributed by atoms with Gasteiger partial charge in [0.05, 0.1) is 0 Å². The topological polar surface area (TPSA) is 20.2 Å². The maximum Gasteiger partial charge on any atom is 0.296 e. The molecule has 1 aromatic carbocycles. The van der Waals surface area contributed by atoms with Crippen LogP contribution in [0.3, 0.4) is 0 Å². The van der Waals surface area contributed by atoms with Crippen LogP contribution in [0.4, 0.5) is 8.78 Å². The van der Waals surface area contributed by atoms with Crippen molar-refractivity contribution in [3.05, 3.63) is 34.4 Å². The summed E-state index contributed by atoms with van der Waals surface area (Å²) in [4.78, 5) is 0. The third-order valence-corrected chi connectivity index (χ3v) is 2.96. The van der Waals surface area contributed by atoms with E-state index in [-0.39, 0.29) is 11.0 Å². The van der Waals surface area contributed by atoms with Gasteiger partial charge in [-0.05, 0) is 36.0 Å². The van der Waals surface area contributed by atoms with E-state index in [0.29, 0.717) is 11.1 Å². The molecule has 3 heteroatoms. The van der Waals surface area contributed by atoms with Gasteiger partial charge in [0.25, 0.3) is 5.92 Å². The molecule has 1 aromatic rings. The van der Waals surface area contributed by atoms with Gasteiger partial charge in [-0.15, -0.1) is 0 Å². The number of halogens is 2. The lowest BCUT2D eigenvalue weighted by atomic mass is 9.83. The second kappa shape index (κ2) is 4.37. The predicted molar refractivity (Wildman–Crippen MR) is 65.6 cm³/mol. The third kappa shape index (κ3) is 2.83. The summed E-state index contributed by atoms with van der Waals surface area (Å²) in [5.74, 6) is -3.16. The van der Waals surface area contributed by atoms with Crippen molar-refractivity contribution >= 4 is 0 Å². The van der Waals surface area contributed by atoms with Crippen LogP contribution in [-0.4, -0.2) is 11.7 Å². The van der Waals surface area contributed by atoms with E-state index >= 15 is 0 Å². The molecule has 1 nitrogen and oxygen atoms in total. The summed E-state index contributed by atoms with van der Waals surface area (Å²) in [6, 6.07) is 3.57. The molecule has 1 N–H and O–H groups in total. The highest BCUT2D eigenvalue weighted by Crippen LogP contribution is 2.35. The van der Waals surface area contributed by atoms with Crippen LogP contribution in [0.15, 0.2) is 12.1 Å². The normalized spacial score (nSPS) is 12.9. The number of aryl methyl sites for hydroxylation is 2. The van der Waals surface area contributed by atoms with E-state index in [1.54, 1.807) is 26.0 Å². The Bertz CT molecular complexity index is 394. The van der Waals surface area contributed by atoms with Crippen molar-refractivity contribution in [1.82, 2.24) is 0 Å². The molecule has 0 aliphatic heterocycles. The van der Waals surface area contributed by atoms with Crippen LogP contribution >= 0.6 is 0 Å². The largest absolute Gasteiger partial charge is 0.390 e. The predicted octanol–water partition coefficient (Wildman–Crippen LogP) is 3.69. The highest BCUT2D eigenvalue weighted by atomic mass is 19.3. The fourth-order valence-electron chi connectivity index (χ4n) is 2.05. The number of hydrogen-bond donors (Lipinski definition) is 1. The Morgan fingerprint density at radius 3 is 1.76 bits per heavy atom. The highest BCUT2D eigenvalue weighted by molar-refractivity contribution is 5.42. The minimum absolute atomic E-state index is 0.0481. The Hall–Kier alpha value is -0.960. The second-order valence-electron chi connectivity index (χ2n) is 5.60. The number of benzene rings is 1. The van der Waals surface area contributed by atoms with Gasteiger partial charge < -0.3 is 5.11 Å². The molecule has 1 rings (SSSR count). The quantitative estimate of drug-likeness (QED) is 0.838. The zero-order valence-corrected chi connectivity index (χ0v) is 11.1. The van der Waals surface area contributed by atoms with Crippen molar-refractivity contribution < 1.29 is 13.9 Å². The highest BCUT2D eigenvalue weighted by Gasteiger charge is 2.34. The minimum Gasteiger partial charge on any atom is -0.390 e. The van der Waals surface area contributed by atoms with E-state index in [0.717, 1.165) is 5.56 Å². The molecule has 0 radical (unpaired) electrons. The molecule has 0 saturated carbocycles. The third-order valence-electron chi connectivity index (χ3n) is 2.96. The lowest BCUT2D eigenvalue weighted by Crippen LogP contribution is -2.22. The van der Waals surface area contributed by atoms with Crippen LogP contribution < -0.4 is 0 Å². The first-order valence-electron chi connectivity index (χ1n) is 5.70. The maximum absolute atomic E-state index is 13.6. The molecule has 0 aliphatic carbocycles. The molecule has 0 heterocycles. The summed E-state index contributed by atoms with van der Waals surface area (Å²) in [5, 5.41) is 8.78. The molecule has 17 heavy (non-hydrogen) atoms. The number of alkyl halides is 2. The Morgan fingerprint density at radius 2 is 1.47 bits per heavy atom. The van der Waals surface area contributed by atoms with Gasteiger partial charge in [-0.2, -0.15) is 8.78 Å². The molecule has 0 fully saturated rings. The molecule has 96 valence electrons. The van der Waals surface area contributed by atoms with Gasteiger partial charge in [-0.3, -0.25) is 0 Å². The number of aliphatic hydroxyl groups is 1. The first-order valence-corrected chi connectivity index (χ1v) is 5.70. The maximum atomic E-state index is 13.6. The summed E-state index contributed by atoms with van der Waals surface area (Å²) in [6.07, 6.45) is 0. The van der Waals surface area contributed by atoms with Gasteiger partial charge in [0, 0.05) is 5.56 Å². The van der Waals surface area contributed by atoms with Gasteiger partial charge in [0.1, 0.15) is 6.61 Å². The van der Waals surface area contributed by atoms with Crippen LogP contribution in [0.5, 0.6) is 0 Å². The molecule has 0 aliphatic rings. The minimum atomic E-state index is -3.16. The fraction of sp³-hybridized carbons (Fsp3) is 0.571. The van der Waals surface area contributed by atoms with Crippen molar-refractivity contribution in [3.63, 3.8) is 0 Å². The van der Waals surface area contributed by atoms with Gasteiger partial charge >= 0.3 is 0 Å². The molecule has 0 saturated heterocycles. The van der Waals surface area contributed by atoms with Crippen LogP contribution in [0, 0.1) is 13.8 Å². The fourth-order valence-corrected chi connectivity index (χ4v) is 2.05. The summed E-state index contributed by atoms with van der Waals surface area (Å²) in [5.41, 5.74) is 1.99. The molecule has 0 aromatic heterocycles. The van der Waals surface area contributed by atoms with E-state index in [1.165, 1.54) is 0 Å². The number of rotatable bonds is 2. The van der Waals surface area contributed by atoms with E-state index in [4.69, 9.17) is 5.11 Å². The zero-order chi connectivity index (χ0) is 13.4. The van der Waals surface area contributed by atoms with Crippen LogP contribution in [0.25, 0.3) is 0 Å². The summed E-state index contributed by atoms with van der Waals surface area (Å²) < 4.78 is 27.2. The van der Waals surface area contributed by atoms with Gasteiger partial charge in [-0.25, -0.2) is 0 Å². The van der Waals surface area contributed by atoms with Crippen molar-refractivity contribution in [3.8, 4) is 0 Å². The first-order chi connectivity index (χ1) is 7.59. The zero-order valence-electron chi connectivity index (χ0n) is 11.1. The smallest absolute Gasteiger partial charge is 0.296 e. The average Bonchev–Trinajstić information content (AvgIpc) is 2.14. The van der Waals surface area contributed by atoms with Crippen LogP contribution in [0.1, 0.15) is 43.0 Å². The van der Waals surface area contributed by atoms with Gasteiger partial charge in [0.2, 0.25) is 0 Å². The van der Waals surface area contributed by atoms with Crippen LogP contribution in [-0.2, 0) is 11.3 Å². The average molecular weight is 242 g/mol. The van der Waals surface area contributed by atoms with Gasteiger partial charge in [0.15, 0.2) is 0 Å². The van der Waals surface area contributed by atoms with E-state index < -0.39 is 12.5 Å². The summed E-state index contributed by atoms with van der Waals surface area (Å²) in [7, 11) is 0. The van der Waals surface area contributed by atoms with Crippen LogP contribution in [0.2, 0.25) is 0 Å². The van der Waals surface area contributed by atoms with E-state index in [1.807, 2.05) is 20.8 Å². The molecule has 0 unspecified atom stereocenters. The van der Waals surface area contributed by atoms with Crippen molar-refractivity contribution in [2.24, 2.45) is 0 Å². The number of hydrogen-bond acceptors (Lipinski definition) is 1. The first kappa shape index (κ1) is 14.1. The second-order valence-corrected chi connectivity index (χ2v) is 5.60. The van der Waals surface area contributed by atoms with E-state index in [2.05, 4.69) is 0 Å². The van der Waals surface area contributed by atoms with Crippen molar-refractivity contribution in [2.75, 3.05) is 6.61 Å². The molecule has 0 bridgehead atoms. The standard InChI is InChI=1S/C14H20F2O/c1-9-6-11(13(3,4)5)7-10(2)12(9)14(15,16)8-17/h6-7,17H,8H2,1-5H3. The molecular weight excluding hydrogens is 222 g/mol. The Morgan fingerprint density at radius 1 is 1.06 bits per heavy atom. The number of aliphatic hydroxyl groups excluding tert-OH is 1. The summed E-state index contributed by atoms with van der Waals surface area (Å²) in [6.45, 7) is 8.33. The Labute approximate surface area is 101 Å². The molecule has 0 spiro atoms. The van der Waals surface area contributed by atoms with Gasteiger partial charge in [-0.1, -0.05) is 32.9 Å². The molecular formula is C14H20F2O. The molecule has 0 atom stereocenters. The van der Waals surface area contributed by atoms with E-state index in [9.17, 15) is 8.78 Å². The monoisotopic (exact) mass is 242 g/mol. The SMILES string of the molecule is Cc1cc(C(C)(C)C)cc(C)c1C(F)(F)CO. The van der Waals surface area contributed by atoms with Crippen molar-refractivity contribution in [2.45, 2.75) is 46.0 Å². The lowest BCUT2D eigenvalue weighted by Gasteiger charge is -2.25.